The lowest BCUT2D eigenvalue weighted by Gasteiger charge is -2.18. The van der Waals surface area contributed by atoms with Crippen molar-refractivity contribution in [3.05, 3.63) is 131 Å². The fourth-order valence-corrected chi connectivity index (χ4v) is 5.59. The highest BCUT2D eigenvalue weighted by Crippen LogP contribution is 2.31. The van der Waals surface area contributed by atoms with E-state index in [9.17, 15) is 9.59 Å². The van der Waals surface area contributed by atoms with Gasteiger partial charge < -0.3 is 19.0 Å². The molecule has 0 spiro atoms. The smallest absolute Gasteiger partial charge is 0.340 e. The van der Waals surface area contributed by atoms with E-state index in [2.05, 4.69) is 73.6 Å². The molecule has 0 saturated carbocycles. The Morgan fingerprint density at radius 2 is 1.29 bits per heavy atom. The van der Waals surface area contributed by atoms with Crippen molar-refractivity contribution in [2.75, 3.05) is 14.2 Å². The Kier molecular flexibility index (Phi) is 11.3. The summed E-state index contributed by atoms with van der Waals surface area (Å²) in [6.45, 7) is 8.03. The molecule has 4 aromatic heterocycles. The van der Waals surface area contributed by atoms with Crippen LogP contribution in [0.4, 0.5) is 0 Å². The Labute approximate surface area is 271 Å². The second-order valence-electron chi connectivity index (χ2n) is 10.4. The highest BCUT2D eigenvalue weighted by atomic mass is 79.9. The molecule has 2 aromatic carbocycles. The number of aromatic nitrogens is 4. The van der Waals surface area contributed by atoms with Crippen LogP contribution in [0.25, 0.3) is 21.8 Å². The molecule has 0 fully saturated rings. The van der Waals surface area contributed by atoms with Gasteiger partial charge in [-0.15, -0.1) is 0 Å². The summed E-state index contributed by atoms with van der Waals surface area (Å²) in [6.07, 6.45) is 6.84. The van der Waals surface area contributed by atoms with Crippen molar-refractivity contribution in [2.45, 2.75) is 38.6 Å². The summed E-state index contributed by atoms with van der Waals surface area (Å²) < 4.78 is 11.8. The topological polar surface area (TPSA) is 99.1 Å². The van der Waals surface area contributed by atoms with Gasteiger partial charge in [0.1, 0.15) is 0 Å². The number of pyridine rings is 2. The maximum absolute atomic E-state index is 12.2. The maximum atomic E-state index is 12.2. The third-order valence-electron chi connectivity index (χ3n) is 7.55. The molecular formula is C36H37BrN4O4. The van der Waals surface area contributed by atoms with Crippen LogP contribution >= 0.6 is 15.9 Å². The standard InChI is InChI=1S/C18H18N2O2.C10H10N2O2.C8H9Br/c1-12(14-7-5-4-6-8-14)20-13(2)17(18(21)22-3)15-9-10-19-11-16(15)20;1-6-9(10(13)14-2)7-3-4-11-5-8(7)12-6;1-7(9)8-5-3-2-4-6-8/h4-12H,1-3H3;3-5,12H,1-2H3;2-7H,1H3. The van der Waals surface area contributed by atoms with Gasteiger partial charge >= 0.3 is 11.9 Å². The van der Waals surface area contributed by atoms with Crippen molar-refractivity contribution >= 4 is 49.7 Å². The highest BCUT2D eigenvalue weighted by molar-refractivity contribution is 9.09. The molecule has 2 atom stereocenters. The van der Waals surface area contributed by atoms with Gasteiger partial charge in [-0.2, -0.15) is 0 Å². The molecule has 6 rings (SSSR count). The van der Waals surface area contributed by atoms with Crippen LogP contribution in [0.3, 0.4) is 0 Å². The van der Waals surface area contributed by atoms with Crippen molar-refractivity contribution in [1.29, 1.82) is 0 Å². The van der Waals surface area contributed by atoms with Crippen LogP contribution < -0.4 is 0 Å². The predicted octanol–water partition coefficient (Wildman–Crippen LogP) is 8.54. The van der Waals surface area contributed by atoms with E-state index >= 15 is 0 Å². The Morgan fingerprint density at radius 3 is 1.84 bits per heavy atom. The number of H-pyrrole nitrogens is 1. The number of halogens is 1. The van der Waals surface area contributed by atoms with Gasteiger partial charge in [0.05, 0.1) is 54.8 Å². The highest BCUT2D eigenvalue weighted by Gasteiger charge is 2.23. The Morgan fingerprint density at radius 1 is 0.756 bits per heavy atom. The zero-order valence-corrected chi connectivity index (χ0v) is 27.8. The first kappa shape index (κ1) is 33.1. The SMILES string of the molecule is CC(Br)c1ccccc1.COC(=O)c1c(C)[nH]c2cnccc12.COC(=O)c1c(C)n(C(C)c2ccccc2)c2cnccc12. The largest absolute Gasteiger partial charge is 0.465 e. The number of aromatic amines is 1. The van der Waals surface area contributed by atoms with E-state index in [4.69, 9.17) is 9.47 Å². The molecule has 8 nitrogen and oxygen atoms in total. The summed E-state index contributed by atoms with van der Waals surface area (Å²) in [5.41, 5.74) is 7.21. The average molecular weight is 670 g/mol. The van der Waals surface area contributed by atoms with Gasteiger partial charge in [0.25, 0.3) is 0 Å². The fraction of sp³-hybridized carbons (Fsp3) is 0.222. The van der Waals surface area contributed by atoms with Crippen molar-refractivity contribution in [3.63, 3.8) is 0 Å². The molecule has 6 aromatic rings. The number of ether oxygens (including phenoxy) is 2. The van der Waals surface area contributed by atoms with Crippen molar-refractivity contribution in [1.82, 2.24) is 19.5 Å². The van der Waals surface area contributed by atoms with E-state index < -0.39 is 0 Å². The van der Waals surface area contributed by atoms with Crippen LogP contribution in [-0.4, -0.2) is 45.7 Å². The second kappa shape index (κ2) is 15.3. The second-order valence-corrected chi connectivity index (χ2v) is 11.7. The summed E-state index contributed by atoms with van der Waals surface area (Å²) in [5.74, 6) is -0.632. The molecule has 0 bridgehead atoms. The monoisotopic (exact) mass is 668 g/mol. The van der Waals surface area contributed by atoms with Crippen molar-refractivity contribution < 1.29 is 19.1 Å². The molecule has 0 saturated heterocycles. The molecule has 0 aliphatic carbocycles. The third-order valence-corrected chi connectivity index (χ3v) is 8.08. The molecule has 232 valence electrons. The molecule has 4 heterocycles. The first-order valence-electron chi connectivity index (χ1n) is 14.5. The van der Waals surface area contributed by atoms with Crippen molar-refractivity contribution in [2.24, 2.45) is 0 Å². The lowest BCUT2D eigenvalue weighted by Crippen LogP contribution is -2.10. The van der Waals surface area contributed by atoms with Crippen LogP contribution in [-0.2, 0) is 9.47 Å². The molecule has 9 heteroatoms. The first-order valence-corrected chi connectivity index (χ1v) is 15.4. The van der Waals surface area contributed by atoms with Gasteiger partial charge in [-0.05, 0) is 51.0 Å². The quantitative estimate of drug-likeness (QED) is 0.146. The number of nitrogens with zero attached hydrogens (tertiary/aromatic N) is 3. The summed E-state index contributed by atoms with van der Waals surface area (Å²) in [5, 5.41) is 1.73. The number of benzene rings is 2. The number of carbonyl (C=O) groups excluding carboxylic acids is 2. The molecule has 45 heavy (non-hydrogen) atoms. The minimum Gasteiger partial charge on any atom is -0.465 e. The molecule has 0 aliphatic rings. The van der Waals surface area contributed by atoms with E-state index in [0.29, 0.717) is 16.0 Å². The summed E-state index contributed by atoms with van der Waals surface area (Å²) in [6, 6.07) is 24.3. The number of aryl methyl sites for hydroxylation is 1. The third kappa shape index (κ3) is 7.49. The molecule has 2 unspecified atom stereocenters. The number of fused-ring (bicyclic) bond motifs is 2. The van der Waals surface area contributed by atoms with Gasteiger partial charge in [-0.1, -0.05) is 76.6 Å². The molecular weight excluding hydrogens is 632 g/mol. The molecule has 1 N–H and O–H groups in total. The first-order chi connectivity index (χ1) is 21.7. The molecule has 0 aliphatic heterocycles. The van der Waals surface area contributed by atoms with Gasteiger partial charge in [0.15, 0.2) is 0 Å². The van der Waals surface area contributed by atoms with Crippen LogP contribution in [0.1, 0.15) is 67.9 Å². The predicted molar refractivity (Wildman–Crippen MR) is 182 cm³/mol. The number of methoxy groups -OCH3 is 2. The van der Waals surface area contributed by atoms with Crippen LogP contribution in [0.5, 0.6) is 0 Å². The normalized spacial score (nSPS) is 11.9. The minimum atomic E-state index is -0.319. The van der Waals surface area contributed by atoms with Gasteiger partial charge in [-0.3, -0.25) is 9.97 Å². The minimum absolute atomic E-state index is 0.103. The number of hydrogen-bond donors (Lipinski definition) is 1. The number of alkyl halides is 1. The number of carbonyl (C=O) groups is 2. The fourth-order valence-electron chi connectivity index (χ4n) is 5.29. The van der Waals surface area contributed by atoms with E-state index in [1.165, 1.54) is 25.3 Å². The summed E-state index contributed by atoms with van der Waals surface area (Å²) >= 11 is 3.48. The number of hydrogen-bond acceptors (Lipinski definition) is 6. The van der Waals surface area contributed by atoms with E-state index in [-0.39, 0.29) is 18.0 Å². The Hall–Kier alpha value is -4.76. The van der Waals surface area contributed by atoms with E-state index in [1.807, 2.05) is 56.3 Å². The lowest BCUT2D eigenvalue weighted by atomic mass is 10.1. The van der Waals surface area contributed by atoms with Crippen molar-refractivity contribution in [3.8, 4) is 0 Å². The Balaban J connectivity index is 0.000000171. The van der Waals surface area contributed by atoms with Gasteiger partial charge in [-0.25, -0.2) is 9.59 Å². The van der Waals surface area contributed by atoms with Crippen LogP contribution in [0, 0.1) is 13.8 Å². The Bertz CT molecular complexity index is 1880. The number of rotatable bonds is 5. The van der Waals surface area contributed by atoms with Gasteiger partial charge in [0, 0.05) is 39.4 Å². The molecule has 0 amide bonds. The van der Waals surface area contributed by atoms with E-state index in [0.717, 1.165) is 33.2 Å². The summed E-state index contributed by atoms with van der Waals surface area (Å²) in [7, 11) is 2.79. The average Bonchev–Trinajstić information content (AvgIpc) is 3.57. The van der Waals surface area contributed by atoms with E-state index in [1.54, 1.807) is 30.9 Å². The number of nitrogens with one attached hydrogen (secondary N) is 1. The maximum Gasteiger partial charge on any atom is 0.340 e. The summed E-state index contributed by atoms with van der Waals surface area (Å²) in [4.78, 5) is 35.3. The zero-order chi connectivity index (χ0) is 32.5. The van der Waals surface area contributed by atoms with Crippen LogP contribution in [0.15, 0.2) is 97.6 Å². The van der Waals surface area contributed by atoms with Gasteiger partial charge in [0.2, 0.25) is 0 Å². The number of esters is 2. The zero-order valence-electron chi connectivity index (χ0n) is 26.2. The molecule has 0 radical (unpaired) electrons. The lowest BCUT2D eigenvalue weighted by molar-refractivity contribution is 0.0593. The van der Waals surface area contributed by atoms with Crippen LogP contribution in [0.2, 0.25) is 0 Å².